The van der Waals surface area contributed by atoms with Gasteiger partial charge in [-0.3, -0.25) is 9.69 Å². The van der Waals surface area contributed by atoms with E-state index in [1.54, 1.807) is 16.7 Å². The zero-order valence-electron chi connectivity index (χ0n) is 17.5. The lowest BCUT2D eigenvalue weighted by molar-refractivity contribution is -0.115. The third-order valence-electron chi connectivity index (χ3n) is 4.88. The van der Waals surface area contributed by atoms with Crippen LogP contribution in [0.1, 0.15) is 6.92 Å². The molecule has 0 saturated carbocycles. The second-order valence-corrected chi connectivity index (χ2v) is 9.45. The van der Waals surface area contributed by atoms with Gasteiger partial charge in [-0.15, -0.1) is 10.2 Å². The molecule has 0 radical (unpaired) electrons. The molecule has 0 N–H and O–H groups in total. The van der Waals surface area contributed by atoms with Crippen LogP contribution < -0.4 is 9.64 Å². The Morgan fingerprint density at radius 2 is 1.85 bits per heavy atom. The molecule has 1 aromatic heterocycles. The van der Waals surface area contributed by atoms with E-state index in [0.29, 0.717) is 28.5 Å². The molecule has 0 fully saturated rings. The van der Waals surface area contributed by atoms with Gasteiger partial charge in [-0.05, 0) is 49.4 Å². The highest BCUT2D eigenvalue weighted by Crippen LogP contribution is 2.49. The van der Waals surface area contributed by atoms with Crippen LogP contribution in [0.4, 0.5) is 11.4 Å². The average Bonchev–Trinajstić information content (AvgIpc) is 3.30. The van der Waals surface area contributed by atoms with Crippen LogP contribution in [0.15, 0.2) is 86.2 Å². The summed E-state index contributed by atoms with van der Waals surface area (Å²) in [5.74, 6) is 1.04. The molecule has 0 aliphatic carbocycles. The minimum atomic E-state index is -0.106. The first kappa shape index (κ1) is 21.9. The van der Waals surface area contributed by atoms with Gasteiger partial charge in [0.1, 0.15) is 5.75 Å². The Morgan fingerprint density at radius 1 is 1.06 bits per heavy atom. The number of rotatable bonds is 6. The predicted molar refractivity (Wildman–Crippen MR) is 131 cm³/mol. The van der Waals surface area contributed by atoms with Crippen LogP contribution >= 0.6 is 35.1 Å². The van der Waals surface area contributed by atoms with Gasteiger partial charge in [0.15, 0.2) is 0 Å². The summed E-state index contributed by atoms with van der Waals surface area (Å²) in [5.41, 5.74) is 2.32. The first-order valence-electron chi connectivity index (χ1n) is 10.2. The van der Waals surface area contributed by atoms with Gasteiger partial charge >= 0.3 is 0 Å². The number of carbonyl (C=O) groups is 1. The lowest BCUT2D eigenvalue weighted by Crippen LogP contribution is -2.30. The van der Waals surface area contributed by atoms with Crippen LogP contribution in [0.2, 0.25) is 5.02 Å². The van der Waals surface area contributed by atoms with Crippen molar-refractivity contribution in [3.63, 3.8) is 0 Å². The molecule has 9 heteroatoms. The molecular weight excluding hydrogens is 478 g/mol. The highest BCUT2D eigenvalue weighted by Gasteiger charge is 2.28. The second-order valence-electron chi connectivity index (χ2n) is 7.00. The fourth-order valence-electron chi connectivity index (χ4n) is 3.49. The van der Waals surface area contributed by atoms with E-state index in [1.165, 1.54) is 11.8 Å². The molecule has 5 rings (SSSR count). The number of nitrogens with zero attached hydrogens (tertiary/aromatic N) is 3. The predicted octanol–water partition coefficient (Wildman–Crippen LogP) is 6.71. The maximum atomic E-state index is 13.4. The molecule has 6 nitrogen and oxygen atoms in total. The fraction of sp³-hybridized carbons (Fsp3) is 0.125. The molecule has 0 spiro atoms. The van der Waals surface area contributed by atoms with E-state index < -0.39 is 0 Å². The second kappa shape index (κ2) is 9.51. The van der Waals surface area contributed by atoms with Crippen LogP contribution in [0.3, 0.4) is 0 Å². The smallest absolute Gasteiger partial charge is 0.277 e. The summed E-state index contributed by atoms with van der Waals surface area (Å²) >= 11 is 9.07. The van der Waals surface area contributed by atoms with Crippen LogP contribution in [0, 0.1) is 0 Å². The summed E-state index contributed by atoms with van der Waals surface area (Å²) in [4.78, 5) is 17.1. The summed E-state index contributed by atoms with van der Waals surface area (Å²) in [6.07, 6.45) is 0. The minimum Gasteiger partial charge on any atom is -0.493 e. The number of ether oxygens (including phenoxy) is 1. The summed E-state index contributed by atoms with van der Waals surface area (Å²) in [7, 11) is 0. The number of hydrogen-bond donors (Lipinski definition) is 0. The van der Waals surface area contributed by atoms with E-state index >= 15 is 0 Å². The van der Waals surface area contributed by atoms with Crippen molar-refractivity contribution >= 4 is 52.4 Å². The Bertz CT molecular complexity index is 1330. The van der Waals surface area contributed by atoms with Crippen LogP contribution in [0.5, 0.6) is 5.75 Å². The third kappa shape index (κ3) is 4.46. The van der Waals surface area contributed by atoms with Gasteiger partial charge in [-0.2, -0.15) is 0 Å². The molecular formula is C24H18ClN3O3S2. The Labute approximate surface area is 204 Å². The van der Waals surface area contributed by atoms with Gasteiger partial charge in [-0.1, -0.05) is 59.4 Å². The molecule has 1 aliphatic rings. The zero-order valence-corrected chi connectivity index (χ0v) is 19.9. The number of para-hydroxylation sites is 2. The van der Waals surface area contributed by atoms with Crippen molar-refractivity contribution in [2.45, 2.75) is 21.9 Å². The maximum absolute atomic E-state index is 13.4. The van der Waals surface area contributed by atoms with E-state index in [-0.39, 0.29) is 11.7 Å². The van der Waals surface area contributed by atoms with Crippen LogP contribution in [0.25, 0.3) is 11.5 Å². The number of amides is 1. The SMILES string of the molecule is CCOc1ccccc1-c1nnc(SCC(=O)N2c3ccccc3Sc3ccc(Cl)cc32)o1. The molecule has 1 aliphatic heterocycles. The molecule has 0 atom stereocenters. The van der Waals surface area contributed by atoms with E-state index in [2.05, 4.69) is 10.2 Å². The lowest BCUT2D eigenvalue weighted by Gasteiger charge is -2.31. The van der Waals surface area contributed by atoms with Gasteiger partial charge in [0, 0.05) is 14.8 Å². The van der Waals surface area contributed by atoms with Crippen molar-refractivity contribution in [3.05, 3.63) is 71.8 Å². The van der Waals surface area contributed by atoms with Gasteiger partial charge in [0.25, 0.3) is 11.1 Å². The number of fused-ring (bicyclic) bond motifs is 2. The Kier molecular flexibility index (Phi) is 6.30. The highest BCUT2D eigenvalue weighted by molar-refractivity contribution is 8.00. The molecule has 0 bridgehead atoms. The number of hydrogen-bond acceptors (Lipinski definition) is 7. The molecule has 0 saturated heterocycles. The number of aromatic nitrogens is 2. The summed E-state index contributed by atoms with van der Waals surface area (Å²) < 4.78 is 11.5. The molecule has 4 aromatic rings. The van der Waals surface area contributed by atoms with Crippen LogP contribution in [-0.2, 0) is 4.79 Å². The van der Waals surface area contributed by atoms with Gasteiger partial charge in [0.2, 0.25) is 5.91 Å². The van der Waals surface area contributed by atoms with Crippen molar-refractivity contribution in [1.82, 2.24) is 10.2 Å². The zero-order chi connectivity index (χ0) is 22.8. The molecule has 3 aromatic carbocycles. The molecule has 0 unspecified atom stereocenters. The third-order valence-corrected chi connectivity index (χ3v) is 7.05. The minimum absolute atomic E-state index is 0.106. The van der Waals surface area contributed by atoms with Gasteiger partial charge in [-0.25, -0.2) is 0 Å². The van der Waals surface area contributed by atoms with E-state index in [1.807, 2.05) is 73.7 Å². The summed E-state index contributed by atoms with van der Waals surface area (Å²) in [6.45, 7) is 2.45. The topological polar surface area (TPSA) is 68.5 Å². The molecule has 166 valence electrons. The number of benzene rings is 3. The number of carbonyl (C=O) groups excluding carboxylic acids is 1. The Hall–Kier alpha value is -2.94. The van der Waals surface area contributed by atoms with Crippen molar-refractivity contribution in [1.29, 1.82) is 0 Å². The van der Waals surface area contributed by atoms with Crippen molar-refractivity contribution in [2.24, 2.45) is 0 Å². The quantitative estimate of drug-likeness (QED) is 0.275. The van der Waals surface area contributed by atoms with E-state index in [9.17, 15) is 4.79 Å². The average molecular weight is 496 g/mol. The van der Waals surface area contributed by atoms with E-state index in [4.69, 9.17) is 20.8 Å². The number of anilines is 2. The fourth-order valence-corrected chi connectivity index (χ4v) is 5.30. The number of thioether (sulfide) groups is 1. The Morgan fingerprint density at radius 3 is 2.73 bits per heavy atom. The summed E-state index contributed by atoms with van der Waals surface area (Å²) in [6, 6.07) is 20.9. The number of halogens is 1. The highest BCUT2D eigenvalue weighted by atomic mass is 35.5. The van der Waals surface area contributed by atoms with E-state index in [0.717, 1.165) is 26.7 Å². The Balaban J connectivity index is 1.37. The van der Waals surface area contributed by atoms with Crippen molar-refractivity contribution in [3.8, 4) is 17.2 Å². The maximum Gasteiger partial charge on any atom is 0.277 e. The standard InChI is InChI=1S/C24H18ClN3O3S2/c1-2-30-19-9-5-3-7-16(19)23-26-27-24(31-23)32-14-22(29)28-17-8-4-6-10-20(17)33-21-12-11-15(25)13-18(21)28/h3-13H,2,14H2,1H3. The first-order chi connectivity index (χ1) is 16.1. The molecule has 1 amide bonds. The van der Waals surface area contributed by atoms with Gasteiger partial charge < -0.3 is 9.15 Å². The lowest BCUT2D eigenvalue weighted by atomic mass is 10.2. The molecule has 33 heavy (non-hydrogen) atoms. The summed E-state index contributed by atoms with van der Waals surface area (Å²) in [5, 5.41) is 9.14. The van der Waals surface area contributed by atoms with Crippen molar-refractivity contribution < 1.29 is 13.9 Å². The molecule has 2 heterocycles. The van der Waals surface area contributed by atoms with Crippen molar-refractivity contribution in [2.75, 3.05) is 17.3 Å². The largest absolute Gasteiger partial charge is 0.493 e. The normalized spacial score (nSPS) is 12.2. The van der Waals surface area contributed by atoms with Crippen LogP contribution in [-0.4, -0.2) is 28.5 Å². The van der Waals surface area contributed by atoms with Gasteiger partial charge in [0.05, 0.1) is 29.3 Å². The monoisotopic (exact) mass is 495 g/mol. The first-order valence-corrected chi connectivity index (χ1v) is 12.4.